The average Bonchev–Trinajstić information content (AvgIpc) is 2.49. The first-order chi connectivity index (χ1) is 6.27. The van der Waals surface area contributed by atoms with E-state index >= 15 is 0 Å². The highest BCUT2D eigenvalue weighted by molar-refractivity contribution is 4.88. The van der Waals surface area contributed by atoms with E-state index in [1.807, 2.05) is 0 Å². The maximum atomic E-state index is 9.41. The van der Waals surface area contributed by atoms with Crippen LogP contribution in [0.5, 0.6) is 0 Å². The van der Waals surface area contributed by atoms with Gasteiger partial charge in [0.15, 0.2) is 0 Å². The Kier molecular flexibility index (Phi) is 2.86. The summed E-state index contributed by atoms with van der Waals surface area (Å²) in [5.41, 5.74) is 0. The first kappa shape index (κ1) is 9.44. The van der Waals surface area contributed by atoms with Crippen LogP contribution in [0.3, 0.4) is 0 Å². The van der Waals surface area contributed by atoms with Crippen molar-refractivity contribution in [2.24, 2.45) is 0 Å². The minimum atomic E-state index is -0.512. The molecule has 76 valence electrons. The van der Waals surface area contributed by atoms with Gasteiger partial charge in [-0.05, 0) is 12.8 Å². The van der Waals surface area contributed by atoms with Crippen LogP contribution in [-0.4, -0.2) is 46.5 Å². The van der Waals surface area contributed by atoms with E-state index in [2.05, 4.69) is 4.90 Å². The van der Waals surface area contributed by atoms with Gasteiger partial charge in [-0.1, -0.05) is 19.3 Å². The highest BCUT2D eigenvalue weighted by Crippen LogP contribution is 2.25. The molecule has 13 heavy (non-hydrogen) atoms. The van der Waals surface area contributed by atoms with Gasteiger partial charge in [-0.25, -0.2) is 0 Å². The van der Waals surface area contributed by atoms with E-state index in [0.29, 0.717) is 19.1 Å². The number of hydrogen-bond acceptors (Lipinski definition) is 3. The number of nitrogens with zero attached hydrogens (tertiary/aromatic N) is 1. The third-order valence-corrected chi connectivity index (χ3v) is 3.38. The molecule has 0 spiro atoms. The molecule has 2 rings (SSSR count). The van der Waals surface area contributed by atoms with Crippen molar-refractivity contribution in [1.82, 2.24) is 4.90 Å². The fraction of sp³-hybridized carbons (Fsp3) is 1.00. The summed E-state index contributed by atoms with van der Waals surface area (Å²) in [6.07, 6.45) is 5.46. The third-order valence-electron chi connectivity index (χ3n) is 3.38. The topological polar surface area (TPSA) is 43.7 Å². The second-order valence-corrected chi connectivity index (χ2v) is 4.38. The molecule has 0 aromatic heterocycles. The van der Waals surface area contributed by atoms with Gasteiger partial charge < -0.3 is 10.2 Å². The molecule has 0 radical (unpaired) electrons. The van der Waals surface area contributed by atoms with Crippen molar-refractivity contribution in [1.29, 1.82) is 0 Å². The summed E-state index contributed by atoms with van der Waals surface area (Å²) in [4.78, 5) is 2.26. The number of β-amino-alcohol motifs (C(OH)–C–C–N with tert-alkyl or cyclic N) is 2. The van der Waals surface area contributed by atoms with Crippen LogP contribution < -0.4 is 0 Å². The molecule has 0 aromatic carbocycles. The largest absolute Gasteiger partial charge is 0.389 e. The lowest BCUT2D eigenvalue weighted by atomic mass is 9.94. The first-order valence-electron chi connectivity index (χ1n) is 5.37. The highest BCUT2D eigenvalue weighted by Gasteiger charge is 2.33. The number of likely N-dealkylation sites (tertiary alicyclic amines) is 1. The lowest BCUT2D eigenvalue weighted by Crippen LogP contribution is -2.35. The molecule has 0 amide bonds. The van der Waals surface area contributed by atoms with Crippen molar-refractivity contribution in [3.05, 3.63) is 0 Å². The Morgan fingerprint density at radius 3 is 1.92 bits per heavy atom. The summed E-state index contributed by atoms with van der Waals surface area (Å²) in [7, 11) is 0. The van der Waals surface area contributed by atoms with E-state index in [0.717, 1.165) is 0 Å². The van der Waals surface area contributed by atoms with Gasteiger partial charge in [-0.3, -0.25) is 4.90 Å². The number of aliphatic hydroxyl groups is 2. The third kappa shape index (κ3) is 2.03. The fourth-order valence-electron chi connectivity index (χ4n) is 2.54. The molecule has 0 aromatic rings. The molecular weight excluding hydrogens is 166 g/mol. The summed E-state index contributed by atoms with van der Waals surface area (Å²) < 4.78 is 0. The van der Waals surface area contributed by atoms with Crippen LogP contribution in [0.25, 0.3) is 0 Å². The zero-order chi connectivity index (χ0) is 9.26. The second kappa shape index (κ2) is 3.95. The van der Waals surface area contributed by atoms with Crippen molar-refractivity contribution in [2.75, 3.05) is 13.1 Å². The second-order valence-electron chi connectivity index (χ2n) is 4.38. The van der Waals surface area contributed by atoms with Gasteiger partial charge in [0, 0.05) is 19.1 Å². The van der Waals surface area contributed by atoms with Gasteiger partial charge in [-0.15, -0.1) is 0 Å². The predicted molar refractivity (Wildman–Crippen MR) is 50.5 cm³/mol. The van der Waals surface area contributed by atoms with Crippen LogP contribution in [0.1, 0.15) is 32.1 Å². The number of aliphatic hydroxyl groups excluding tert-OH is 2. The standard InChI is InChI=1S/C10H19NO2/c12-9-6-11(7-10(9)13)8-4-2-1-3-5-8/h8-10,12-13H,1-7H2/t9-,10-/m0/s1. The van der Waals surface area contributed by atoms with E-state index in [-0.39, 0.29) is 0 Å². The van der Waals surface area contributed by atoms with E-state index in [4.69, 9.17) is 0 Å². The summed E-state index contributed by atoms with van der Waals surface area (Å²) in [5.74, 6) is 0. The molecule has 1 aliphatic heterocycles. The highest BCUT2D eigenvalue weighted by atomic mass is 16.3. The monoisotopic (exact) mass is 185 g/mol. The quantitative estimate of drug-likeness (QED) is 0.620. The lowest BCUT2D eigenvalue weighted by molar-refractivity contribution is 0.0572. The predicted octanol–water partition coefficient (Wildman–Crippen LogP) is 0.356. The van der Waals surface area contributed by atoms with Gasteiger partial charge in [-0.2, -0.15) is 0 Å². The zero-order valence-corrected chi connectivity index (χ0v) is 8.02. The Morgan fingerprint density at radius 1 is 0.846 bits per heavy atom. The van der Waals surface area contributed by atoms with Crippen molar-refractivity contribution in [3.8, 4) is 0 Å². The molecule has 0 bridgehead atoms. The smallest absolute Gasteiger partial charge is 0.0938 e. The van der Waals surface area contributed by atoms with Gasteiger partial charge in [0.25, 0.3) is 0 Å². The minimum absolute atomic E-state index is 0.512. The van der Waals surface area contributed by atoms with E-state index in [9.17, 15) is 10.2 Å². The van der Waals surface area contributed by atoms with Crippen LogP contribution in [0.2, 0.25) is 0 Å². The van der Waals surface area contributed by atoms with Crippen molar-refractivity contribution in [2.45, 2.75) is 50.4 Å². The SMILES string of the molecule is O[C@H]1CN(C2CCCCC2)C[C@@H]1O. The summed E-state index contributed by atoms with van der Waals surface area (Å²) in [6.45, 7) is 1.34. The first-order valence-corrected chi connectivity index (χ1v) is 5.37. The van der Waals surface area contributed by atoms with Gasteiger partial charge in [0.1, 0.15) is 0 Å². The number of hydrogen-bond donors (Lipinski definition) is 2. The summed E-state index contributed by atoms with van der Waals surface area (Å²) in [6, 6.07) is 0.626. The van der Waals surface area contributed by atoms with Crippen molar-refractivity contribution in [3.63, 3.8) is 0 Å². The molecule has 1 saturated heterocycles. The molecule has 1 heterocycles. The molecule has 1 saturated carbocycles. The van der Waals surface area contributed by atoms with Crippen molar-refractivity contribution >= 4 is 0 Å². The maximum absolute atomic E-state index is 9.41. The molecule has 2 fully saturated rings. The fourth-order valence-corrected chi connectivity index (χ4v) is 2.54. The van der Waals surface area contributed by atoms with Gasteiger partial charge in [0.05, 0.1) is 12.2 Å². The average molecular weight is 185 g/mol. The Hall–Kier alpha value is -0.120. The van der Waals surface area contributed by atoms with Crippen LogP contribution in [0.15, 0.2) is 0 Å². The zero-order valence-electron chi connectivity index (χ0n) is 8.02. The van der Waals surface area contributed by atoms with E-state index in [1.165, 1.54) is 32.1 Å². The van der Waals surface area contributed by atoms with E-state index in [1.54, 1.807) is 0 Å². The van der Waals surface area contributed by atoms with E-state index < -0.39 is 12.2 Å². The molecule has 2 atom stereocenters. The van der Waals surface area contributed by atoms with Gasteiger partial charge >= 0.3 is 0 Å². The molecular formula is C10H19NO2. The van der Waals surface area contributed by atoms with Crippen LogP contribution in [0.4, 0.5) is 0 Å². The molecule has 0 unspecified atom stereocenters. The Bertz CT molecular complexity index is 158. The van der Waals surface area contributed by atoms with Crippen molar-refractivity contribution < 1.29 is 10.2 Å². The number of rotatable bonds is 1. The van der Waals surface area contributed by atoms with Gasteiger partial charge in [0.2, 0.25) is 0 Å². The summed E-state index contributed by atoms with van der Waals surface area (Å²) in [5, 5.41) is 18.8. The Labute approximate surface area is 79.4 Å². The lowest BCUT2D eigenvalue weighted by Gasteiger charge is -2.30. The minimum Gasteiger partial charge on any atom is -0.389 e. The maximum Gasteiger partial charge on any atom is 0.0938 e. The Balaban J connectivity index is 1.87. The molecule has 3 nitrogen and oxygen atoms in total. The molecule has 3 heteroatoms. The molecule has 2 N–H and O–H groups in total. The van der Waals surface area contributed by atoms with Crippen LogP contribution in [0, 0.1) is 0 Å². The van der Waals surface area contributed by atoms with Crippen LogP contribution in [-0.2, 0) is 0 Å². The summed E-state index contributed by atoms with van der Waals surface area (Å²) >= 11 is 0. The molecule has 2 aliphatic rings. The van der Waals surface area contributed by atoms with Crippen LogP contribution >= 0.6 is 0 Å². The molecule has 1 aliphatic carbocycles. The Morgan fingerprint density at radius 2 is 1.38 bits per heavy atom. The normalized spacial score (nSPS) is 38.3.